The van der Waals surface area contributed by atoms with Crippen LogP contribution < -0.4 is 11.1 Å². The number of rotatable bonds is 9. The van der Waals surface area contributed by atoms with Gasteiger partial charge in [-0.25, -0.2) is 14.4 Å². The van der Waals surface area contributed by atoms with Gasteiger partial charge in [0, 0.05) is 18.7 Å². The molecule has 0 saturated heterocycles. The first-order chi connectivity index (χ1) is 12.1. The summed E-state index contributed by atoms with van der Waals surface area (Å²) in [6, 6.07) is 4.67. The molecule has 0 fully saturated rings. The molecular weight excluding hydrogens is 342 g/mol. The van der Waals surface area contributed by atoms with Gasteiger partial charge in [0.05, 0.1) is 6.54 Å². The van der Waals surface area contributed by atoms with Gasteiger partial charge in [-0.05, 0) is 23.6 Å². The molecule has 9 nitrogen and oxygen atoms in total. The molecule has 0 heterocycles. The van der Waals surface area contributed by atoms with E-state index in [4.69, 9.17) is 10.8 Å². The lowest BCUT2D eigenvalue weighted by atomic mass is 10.1. The molecule has 1 aromatic rings. The molecular formula is C17H25N3O6. The Kier molecular flexibility index (Phi) is 7.85. The number of benzene rings is 1. The Morgan fingerprint density at radius 2 is 1.81 bits per heavy atom. The van der Waals surface area contributed by atoms with Crippen molar-refractivity contribution >= 4 is 23.7 Å². The summed E-state index contributed by atoms with van der Waals surface area (Å²) in [6.45, 7) is 3.36. The van der Waals surface area contributed by atoms with Crippen molar-refractivity contribution in [2.24, 2.45) is 5.92 Å². The van der Waals surface area contributed by atoms with Crippen LogP contribution in [0.15, 0.2) is 24.3 Å². The van der Waals surface area contributed by atoms with Crippen molar-refractivity contribution in [3.05, 3.63) is 29.8 Å². The van der Waals surface area contributed by atoms with Crippen LogP contribution in [-0.4, -0.2) is 63.4 Å². The summed E-state index contributed by atoms with van der Waals surface area (Å²) in [7, 11) is 0. The Hall–Kier alpha value is -2.81. The number of nitrogen functional groups attached to an aromatic ring is 1. The quantitative estimate of drug-likeness (QED) is 0.395. The molecule has 0 radical (unpaired) electrons. The molecule has 0 spiro atoms. The molecule has 0 aromatic heterocycles. The van der Waals surface area contributed by atoms with E-state index < -0.39 is 36.7 Å². The monoisotopic (exact) mass is 367 g/mol. The second kappa shape index (κ2) is 9.62. The summed E-state index contributed by atoms with van der Waals surface area (Å²) in [5.41, 5.74) is 6.79. The molecule has 2 atom stereocenters. The van der Waals surface area contributed by atoms with Gasteiger partial charge in [-0.2, -0.15) is 0 Å². The number of carbonyl (C=O) groups is 3. The zero-order valence-corrected chi connectivity index (χ0v) is 14.8. The second-order valence-corrected chi connectivity index (χ2v) is 6.44. The molecule has 0 bridgehead atoms. The van der Waals surface area contributed by atoms with Crippen molar-refractivity contribution in [1.29, 1.82) is 0 Å². The van der Waals surface area contributed by atoms with Crippen LogP contribution in [0.1, 0.15) is 19.4 Å². The van der Waals surface area contributed by atoms with Gasteiger partial charge in [0.15, 0.2) is 6.10 Å². The second-order valence-electron chi connectivity index (χ2n) is 6.44. The topological polar surface area (TPSA) is 153 Å². The number of carboxylic acids is 2. The van der Waals surface area contributed by atoms with Gasteiger partial charge in [-0.1, -0.05) is 26.0 Å². The molecule has 6 N–H and O–H groups in total. The van der Waals surface area contributed by atoms with Gasteiger partial charge < -0.3 is 31.3 Å². The minimum absolute atomic E-state index is 0.000977. The Morgan fingerprint density at radius 3 is 2.31 bits per heavy atom. The van der Waals surface area contributed by atoms with E-state index in [1.165, 1.54) is 0 Å². The number of hydrogen-bond donors (Lipinski definition) is 5. The summed E-state index contributed by atoms with van der Waals surface area (Å²) in [5, 5.41) is 30.1. The number of amides is 2. The fourth-order valence-corrected chi connectivity index (χ4v) is 2.36. The SMILES string of the molecule is CC(C)CN(C[C@H](O)C(=O)O)C(=O)N[C@@H](Cc1cccc(N)c1)C(=O)O. The van der Waals surface area contributed by atoms with Crippen LogP contribution in [-0.2, 0) is 16.0 Å². The molecule has 26 heavy (non-hydrogen) atoms. The summed E-state index contributed by atoms with van der Waals surface area (Å²) < 4.78 is 0. The van der Waals surface area contributed by atoms with Crippen LogP contribution in [0.4, 0.5) is 10.5 Å². The van der Waals surface area contributed by atoms with Crippen molar-refractivity contribution < 1.29 is 29.7 Å². The predicted octanol–water partition coefficient (Wildman–Crippen LogP) is 0.378. The summed E-state index contributed by atoms with van der Waals surface area (Å²) in [5.74, 6) is -2.69. The zero-order chi connectivity index (χ0) is 19.9. The molecule has 0 aliphatic rings. The maximum atomic E-state index is 12.4. The van der Waals surface area contributed by atoms with E-state index in [0.717, 1.165) is 4.90 Å². The van der Waals surface area contributed by atoms with E-state index in [1.807, 2.05) is 13.8 Å². The number of carbonyl (C=O) groups excluding carboxylic acids is 1. The van der Waals surface area contributed by atoms with Gasteiger partial charge >= 0.3 is 18.0 Å². The number of nitrogens with zero attached hydrogens (tertiary/aromatic N) is 1. The Labute approximate surface area is 151 Å². The number of aliphatic carboxylic acids is 2. The number of aliphatic hydroxyl groups excluding tert-OH is 1. The third-order valence-electron chi connectivity index (χ3n) is 3.54. The average Bonchev–Trinajstić information content (AvgIpc) is 2.52. The molecule has 0 unspecified atom stereocenters. The number of nitrogens with two attached hydrogens (primary N) is 1. The van der Waals surface area contributed by atoms with E-state index in [9.17, 15) is 24.6 Å². The van der Waals surface area contributed by atoms with Gasteiger partial charge in [0.2, 0.25) is 0 Å². The van der Waals surface area contributed by atoms with Crippen molar-refractivity contribution in [2.45, 2.75) is 32.4 Å². The number of aliphatic hydroxyl groups is 1. The highest BCUT2D eigenvalue weighted by Crippen LogP contribution is 2.10. The van der Waals surface area contributed by atoms with Crippen molar-refractivity contribution in [1.82, 2.24) is 10.2 Å². The largest absolute Gasteiger partial charge is 0.480 e. The van der Waals surface area contributed by atoms with Crippen LogP contribution in [0.3, 0.4) is 0 Å². The standard InChI is InChI=1S/C17H25N3O6/c1-10(2)8-20(9-14(21)16(24)25)17(26)19-13(15(22)23)7-11-4-3-5-12(18)6-11/h3-6,10,13-14,21H,7-9,18H2,1-2H3,(H,19,26)(H,22,23)(H,24,25)/t13-,14-/m0/s1. The molecule has 9 heteroatoms. The third kappa shape index (κ3) is 6.98. The fraction of sp³-hybridized carbons (Fsp3) is 0.471. The normalized spacial score (nSPS) is 13.1. The molecule has 144 valence electrons. The number of urea groups is 1. The lowest BCUT2D eigenvalue weighted by molar-refractivity contribution is -0.147. The first-order valence-corrected chi connectivity index (χ1v) is 8.13. The molecule has 1 aromatic carbocycles. The average molecular weight is 367 g/mol. The minimum atomic E-state index is -1.75. The Balaban J connectivity index is 2.87. The van der Waals surface area contributed by atoms with E-state index in [-0.39, 0.29) is 18.9 Å². The lowest BCUT2D eigenvalue weighted by Crippen LogP contribution is -2.52. The number of hydrogen-bond acceptors (Lipinski definition) is 5. The Bertz CT molecular complexity index is 649. The van der Waals surface area contributed by atoms with E-state index in [2.05, 4.69) is 5.32 Å². The highest BCUT2D eigenvalue weighted by molar-refractivity contribution is 5.83. The third-order valence-corrected chi connectivity index (χ3v) is 3.54. The van der Waals surface area contributed by atoms with Gasteiger partial charge in [-0.15, -0.1) is 0 Å². The van der Waals surface area contributed by atoms with Crippen LogP contribution in [0.5, 0.6) is 0 Å². The summed E-state index contributed by atoms with van der Waals surface area (Å²) in [6.07, 6.45) is -1.74. The van der Waals surface area contributed by atoms with Crippen LogP contribution in [0.2, 0.25) is 0 Å². The van der Waals surface area contributed by atoms with E-state index in [1.54, 1.807) is 24.3 Å². The maximum absolute atomic E-state index is 12.4. The molecule has 2 amide bonds. The number of carboxylic acid groups (broad SMARTS) is 2. The van der Waals surface area contributed by atoms with Gasteiger partial charge in [-0.3, -0.25) is 0 Å². The molecule has 0 aliphatic carbocycles. The molecule has 0 saturated carbocycles. The smallest absolute Gasteiger partial charge is 0.334 e. The Morgan fingerprint density at radius 1 is 1.15 bits per heavy atom. The van der Waals surface area contributed by atoms with Gasteiger partial charge in [0.1, 0.15) is 6.04 Å². The maximum Gasteiger partial charge on any atom is 0.334 e. The number of anilines is 1. The molecule has 1 rings (SSSR count). The van der Waals surface area contributed by atoms with Crippen molar-refractivity contribution in [2.75, 3.05) is 18.8 Å². The lowest BCUT2D eigenvalue weighted by Gasteiger charge is -2.27. The first-order valence-electron chi connectivity index (χ1n) is 8.13. The molecule has 0 aliphatic heterocycles. The summed E-state index contributed by atoms with van der Waals surface area (Å²) in [4.78, 5) is 35.9. The number of nitrogens with one attached hydrogen (secondary N) is 1. The first kappa shape index (κ1) is 21.2. The van der Waals surface area contributed by atoms with E-state index >= 15 is 0 Å². The van der Waals surface area contributed by atoms with Crippen molar-refractivity contribution in [3.8, 4) is 0 Å². The van der Waals surface area contributed by atoms with Gasteiger partial charge in [0.25, 0.3) is 0 Å². The predicted molar refractivity (Wildman–Crippen MR) is 94.6 cm³/mol. The van der Waals surface area contributed by atoms with Crippen LogP contribution >= 0.6 is 0 Å². The fourth-order valence-electron chi connectivity index (χ4n) is 2.36. The minimum Gasteiger partial charge on any atom is -0.480 e. The highest BCUT2D eigenvalue weighted by atomic mass is 16.4. The van der Waals surface area contributed by atoms with E-state index in [0.29, 0.717) is 11.3 Å². The van der Waals surface area contributed by atoms with Crippen molar-refractivity contribution in [3.63, 3.8) is 0 Å². The van der Waals surface area contributed by atoms with Crippen LogP contribution in [0.25, 0.3) is 0 Å². The highest BCUT2D eigenvalue weighted by Gasteiger charge is 2.27. The van der Waals surface area contributed by atoms with Crippen LogP contribution in [0, 0.1) is 5.92 Å². The zero-order valence-electron chi connectivity index (χ0n) is 14.8. The summed E-state index contributed by atoms with van der Waals surface area (Å²) >= 11 is 0.